The first-order chi connectivity index (χ1) is 15.2. The minimum absolute atomic E-state index is 0.0184. The summed E-state index contributed by atoms with van der Waals surface area (Å²) in [5.74, 6) is 0.170. The number of pyridine rings is 1. The van der Waals surface area contributed by atoms with Crippen molar-refractivity contribution in [1.29, 1.82) is 0 Å². The molecule has 1 heterocycles. The largest absolute Gasteiger partial charge is 0.478 e. The van der Waals surface area contributed by atoms with Gasteiger partial charge in [-0.25, -0.2) is 4.39 Å². The van der Waals surface area contributed by atoms with Crippen molar-refractivity contribution in [2.75, 3.05) is 11.1 Å². The fourth-order valence-electron chi connectivity index (χ4n) is 3.10. The van der Waals surface area contributed by atoms with Gasteiger partial charge >= 0.3 is 0 Å². The Labute approximate surface area is 201 Å². The minimum Gasteiger partial charge on any atom is -0.478 e. The molecule has 0 atom stereocenters. The van der Waals surface area contributed by atoms with Gasteiger partial charge in [0.05, 0.1) is 16.5 Å². The summed E-state index contributed by atoms with van der Waals surface area (Å²) in [5, 5.41) is 3.45. The number of rotatable bonds is 8. The average Bonchev–Trinajstić information content (AvgIpc) is 2.71. The van der Waals surface area contributed by atoms with E-state index in [4.69, 9.17) is 27.9 Å². The maximum Gasteiger partial charge on any atom is 0.228 e. The van der Waals surface area contributed by atoms with E-state index in [9.17, 15) is 9.18 Å². The zero-order chi connectivity index (χ0) is 23.3. The normalized spacial score (nSPS) is 11.3. The van der Waals surface area contributed by atoms with Gasteiger partial charge in [0.1, 0.15) is 11.3 Å². The number of carbonyl (C=O) groups excluding carboxylic acids is 1. The van der Waals surface area contributed by atoms with Crippen LogP contribution >= 0.6 is 35.0 Å². The first-order valence-corrected chi connectivity index (χ1v) is 11.7. The van der Waals surface area contributed by atoms with Crippen LogP contribution in [0.2, 0.25) is 10.0 Å². The molecule has 0 aliphatic rings. The number of hydrogen-bond donors (Lipinski definition) is 1. The number of carbonyl (C=O) groups is 1. The Morgan fingerprint density at radius 3 is 2.50 bits per heavy atom. The van der Waals surface area contributed by atoms with E-state index in [0.29, 0.717) is 21.4 Å². The van der Waals surface area contributed by atoms with Gasteiger partial charge in [-0.05, 0) is 55.5 Å². The molecule has 0 saturated carbocycles. The second-order valence-corrected chi connectivity index (χ2v) is 9.72. The number of thioether (sulfide) groups is 1. The highest BCUT2D eigenvalue weighted by molar-refractivity contribution is 7.99. The van der Waals surface area contributed by atoms with Crippen LogP contribution in [0.25, 0.3) is 0 Å². The van der Waals surface area contributed by atoms with Crippen LogP contribution < -0.4 is 10.1 Å². The lowest BCUT2D eigenvalue weighted by Gasteiger charge is -2.27. The van der Waals surface area contributed by atoms with Gasteiger partial charge in [0.25, 0.3) is 0 Å². The molecule has 4 nitrogen and oxygen atoms in total. The van der Waals surface area contributed by atoms with Crippen LogP contribution in [0.3, 0.4) is 0 Å². The maximum absolute atomic E-state index is 14.7. The molecule has 0 radical (unpaired) electrons. The third-order valence-corrected chi connectivity index (χ3v) is 5.95. The number of benzene rings is 2. The van der Waals surface area contributed by atoms with E-state index in [-0.39, 0.29) is 18.1 Å². The molecule has 32 heavy (non-hydrogen) atoms. The Morgan fingerprint density at radius 2 is 1.88 bits per heavy atom. The molecular formula is C24H23Cl2FN2O2S. The van der Waals surface area contributed by atoms with E-state index in [1.807, 2.05) is 24.3 Å². The minimum atomic E-state index is -1.00. The molecule has 1 N–H and O–H groups in total. The van der Waals surface area contributed by atoms with Crippen LogP contribution in [-0.4, -0.2) is 16.6 Å². The molecule has 168 valence electrons. The molecule has 0 aliphatic carbocycles. The summed E-state index contributed by atoms with van der Waals surface area (Å²) in [5.41, 5.74) is 0.662. The van der Waals surface area contributed by atoms with E-state index >= 15 is 0 Å². The number of hydrogen-bond acceptors (Lipinski definition) is 4. The van der Waals surface area contributed by atoms with Crippen LogP contribution in [0, 0.1) is 5.82 Å². The van der Waals surface area contributed by atoms with E-state index in [1.165, 1.54) is 18.3 Å². The Hall–Kier alpha value is -2.28. The quantitative estimate of drug-likeness (QED) is 0.339. The van der Waals surface area contributed by atoms with Gasteiger partial charge in [0.2, 0.25) is 5.91 Å². The van der Waals surface area contributed by atoms with Gasteiger partial charge < -0.3 is 10.1 Å². The van der Waals surface area contributed by atoms with Crippen molar-refractivity contribution in [2.24, 2.45) is 0 Å². The number of aromatic nitrogens is 1. The Bertz CT molecular complexity index is 1110. The van der Waals surface area contributed by atoms with Crippen LogP contribution in [0.15, 0.2) is 59.6 Å². The number of halogens is 3. The molecule has 0 saturated heterocycles. The van der Waals surface area contributed by atoms with E-state index in [0.717, 1.165) is 16.2 Å². The van der Waals surface area contributed by atoms with E-state index < -0.39 is 11.4 Å². The molecule has 0 spiro atoms. The Kier molecular flexibility index (Phi) is 8.04. The second kappa shape index (κ2) is 10.6. The number of nitrogens with one attached hydrogen (secondary N) is 1. The summed E-state index contributed by atoms with van der Waals surface area (Å²) in [6, 6.07) is 13.7. The molecule has 2 aromatic carbocycles. The summed E-state index contributed by atoms with van der Waals surface area (Å²) in [6.07, 6.45) is 1.66. The second-order valence-electron chi connectivity index (χ2n) is 7.54. The molecular weight excluding hydrogens is 470 g/mol. The lowest BCUT2D eigenvalue weighted by molar-refractivity contribution is -0.115. The molecule has 1 amide bonds. The summed E-state index contributed by atoms with van der Waals surface area (Å²) in [6.45, 7) is 5.55. The Balaban J connectivity index is 1.66. The first kappa shape index (κ1) is 24.4. The number of nitrogens with zero attached hydrogens (tertiary/aromatic N) is 1. The number of amides is 1. The lowest BCUT2D eigenvalue weighted by atomic mass is 10.0. The number of ether oxygens (including phenoxy) is 1. The molecule has 3 rings (SSSR count). The summed E-state index contributed by atoms with van der Waals surface area (Å²) >= 11 is 13.9. The van der Waals surface area contributed by atoms with Gasteiger partial charge in [-0.15, -0.1) is 11.8 Å². The molecule has 0 unspecified atom stereocenters. The predicted molar refractivity (Wildman–Crippen MR) is 129 cm³/mol. The molecule has 8 heteroatoms. The summed E-state index contributed by atoms with van der Waals surface area (Å²) in [7, 11) is 0. The van der Waals surface area contributed by atoms with Gasteiger partial charge in [0.15, 0.2) is 11.6 Å². The fourth-order valence-corrected chi connectivity index (χ4v) is 4.37. The third-order valence-electron chi connectivity index (χ3n) is 4.56. The predicted octanol–water partition coefficient (Wildman–Crippen LogP) is 7.13. The highest BCUT2D eigenvalue weighted by Gasteiger charge is 2.28. The molecule has 3 aromatic rings. The summed E-state index contributed by atoms with van der Waals surface area (Å²) < 4.78 is 20.5. The van der Waals surface area contributed by atoms with Crippen molar-refractivity contribution < 1.29 is 13.9 Å². The van der Waals surface area contributed by atoms with Gasteiger partial charge in [-0.2, -0.15) is 0 Å². The van der Waals surface area contributed by atoms with E-state index in [1.54, 1.807) is 37.7 Å². The van der Waals surface area contributed by atoms with Crippen molar-refractivity contribution in [2.45, 2.75) is 37.7 Å². The Morgan fingerprint density at radius 1 is 1.16 bits per heavy atom. The van der Waals surface area contributed by atoms with E-state index in [2.05, 4.69) is 17.2 Å². The van der Waals surface area contributed by atoms with Crippen molar-refractivity contribution in [3.8, 4) is 5.75 Å². The lowest BCUT2D eigenvalue weighted by Crippen LogP contribution is -2.27. The smallest absolute Gasteiger partial charge is 0.228 e. The molecule has 0 bridgehead atoms. The first-order valence-electron chi connectivity index (χ1n) is 9.99. The van der Waals surface area contributed by atoms with Crippen LogP contribution in [0.1, 0.15) is 32.0 Å². The summed E-state index contributed by atoms with van der Waals surface area (Å²) in [4.78, 5) is 17.7. The van der Waals surface area contributed by atoms with Gasteiger partial charge in [-0.1, -0.05) is 42.3 Å². The highest BCUT2D eigenvalue weighted by Crippen LogP contribution is 2.34. The monoisotopic (exact) mass is 492 g/mol. The molecule has 1 aromatic heterocycles. The zero-order valence-electron chi connectivity index (χ0n) is 17.9. The van der Waals surface area contributed by atoms with Crippen LogP contribution in [-0.2, 0) is 16.8 Å². The van der Waals surface area contributed by atoms with Crippen LogP contribution in [0.4, 0.5) is 10.1 Å². The van der Waals surface area contributed by atoms with Crippen molar-refractivity contribution in [3.05, 3.63) is 81.8 Å². The van der Waals surface area contributed by atoms with Crippen molar-refractivity contribution >= 4 is 46.6 Å². The van der Waals surface area contributed by atoms with Gasteiger partial charge in [0, 0.05) is 22.8 Å². The van der Waals surface area contributed by atoms with Gasteiger partial charge in [-0.3, -0.25) is 9.78 Å². The fraction of sp³-hybridized carbons (Fsp3) is 0.250. The average molecular weight is 493 g/mol. The number of anilines is 1. The molecule has 0 fully saturated rings. The highest BCUT2D eigenvalue weighted by atomic mass is 35.5. The van der Waals surface area contributed by atoms with Crippen molar-refractivity contribution in [1.82, 2.24) is 4.98 Å². The zero-order valence-corrected chi connectivity index (χ0v) is 20.2. The topological polar surface area (TPSA) is 51.2 Å². The van der Waals surface area contributed by atoms with Crippen molar-refractivity contribution in [3.63, 3.8) is 0 Å². The third kappa shape index (κ3) is 6.37. The standard InChI is InChI=1S/C24H23Cl2FN2O2S/c1-4-32-18-8-5-15(6-9-18)11-22(30)29-17-7-10-21(20(27)13-17)31-24(2,3)23-19(26)12-16(25)14-28-23/h5-10,12-14H,4,11H2,1-3H3,(H,29,30). The SMILES string of the molecule is CCSc1ccc(CC(=O)Nc2ccc(OC(C)(C)c3ncc(Cl)cc3Cl)c(F)c2)cc1. The maximum atomic E-state index is 14.7. The van der Waals surface area contributed by atoms with Crippen LogP contribution in [0.5, 0.6) is 5.75 Å². The molecule has 0 aliphatic heterocycles.